The Morgan fingerprint density at radius 3 is 3.09 bits per heavy atom. The van der Waals surface area contributed by atoms with Crippen LogP contribution >= 0.6 is 0 Å². The molecule has 0 radical (unpaired) electrons. The second-order valence-corrected chi connectivity index (χ2v) is 6.82. The molecule has 120 valence electrons. The Kier molecular flexibility index (Phi) is 5.08. The minimum atomic E-state index is 0.234. The zero-order valence-electron chi connectivity index (χ0n) is 13.5. The minimum Gasteiger partial charge on any atom is -0.336 e. The van der Waals surface area contributed by atoms with E-state index in [0.29, 0.717) is 24.2 Å². The van der Waals surface area contributed by atoms with Gasteiger partial charge in [-0.25, -0.2) is 0 Å². The number of carbonyl (C=O) groups excluding carboxylic acids is 1. The summed E-state index contributed by atoms with van der Waals surface area (Å²) >= 11 is 0. The summed E-state index contributed by atoms with van der Waals surface area (Å²) in [6, 6.07) is 4.29. The summed E-state index contributed by atoms with van der Waals surface area (Å²) in [6.07, 6.45) is 9.05. The summed E-state index contributed by atoms with van der Waals surface area (Å²) in [5.74, 6) is 1.44. The number of aromatic nitrogens is 1. The van der Waals surface area contributed by atoms with Gasteiger partial charge in [-0.2, -0.15) is 0 Å². The van der Waals surface area contributed by atoms with Crippen molar-refractivity contribution in [3.8, 4) is 0 Å². The molecule has 1 aromatic heterocycles. The summed E-state index contributed by atoms with van der Waals surface area (Å²) in [5, 5.41) is 3.46. The van der Waals surface area contributed by atoms with Crippen molar-refractivity contribution in [2.24, 2.45) is 11.8 Å². The fraction of sp³-hybridized carbons (Fsp3) is 0.667. The van der Waals surface area contributed by atoms with Crippen LogP contribution in [-0.2, 0) is 4.79 Å². The first kappa shape index (κ1) is 15.5. The molecule has 3 rings (SSSR count). The first-order valence-electron chi connectivity index (χ1n) is 8.66. The molecule has 1 amide bonds. The highest BCUT2D eigenvalue weighted by Gasteiger charge is 2.32. The lowest BCUT2D eigenvalue weighted by atomic mass is 9.85. The lowest BCUT2D eigenvalue weighted by Gasteiger charge is -2.31. The topological polar surface area (TPSA) is 45.2 Å². The van der Waals surface area contributed by atoms with E-state index >= 15 is 0 Å². The third kappa shape index (κ3) is 3.49. The molecule has 2 saturated heterocycles. The number of hydrogen-bond acceptors (Lipinski definition) is 3. The largest absolute Gasteiger partial charge is 0.336 e. The molecule has 1 N–H and O–H groups in total. The fourth-order valence-corrected chi connectivity index (χ4v) is 3.91. The molecule has 22 heavy (non-hydrogen) atoms. The van der Waals surface area contributed by atoms with Gasteiger partial charge in [-0.1, -0.05) is 13.0 Å². The fourth-order valence-electron chi connectivity index (χ4n) is 3.91. The zero-order chi connectivity index (χ0) is 15.4. The number of carbonyl (C=O) groups is 1. The van der Waals surface area contributed by atoms with Crippen LogP contribution in [0, 0.1) is 11.8 Å². The van der Waals surface area contributed by atoms with Crippen molar-refractivity contribution in [3.63, 3.8) is 0 Å². The molecular formula is C18H27N3O. The first-order valence-corrected chi connectivity index (χ1v) is 8.66. The minimum absolute atomic E-state index is 0.234. The van der Waals surface area contributed by atoms with Crippen molar-refractivity contribution in [2.75, 3.05) is 19.6 Å². The van der Waals surface area contributed by atoms with Gasteiger partial charge in [-0.15, -0.1) is 0 Å². The van der Waals surface area contributed by atoms with Gasteiger partial charge in [-0.3, -0.25) is 9.78 Å². The van der Waals surface area contributed by atoms with E-state index in [9.17, 15) is 4.79 Å². The Labute approximate surface area is 133 Å². The lowest BCUT2D eigenvalue weighted by Crippen LogP contribution is -2.37. The average molecular weight is 301 g/mol. The van der Waals surface area contributed by atoms with E-state index in [1.54, 1.807) is 6.20 Å². The van der Waals surface area contributed by atoms with E-state index in [-0.39, 0.29) is 6.04 Å². The highest BCUT2D eigenvalue weighted by molar-refractivity contribution is 5.77. The second-order valence-electron chi connectivity index (χ2n) is 6.82. The van der Waals surface area contributed by atoms with E-state index in [4.69, 9.17) is 0 Å². The zero-order valence-corrected chi connectivity index (χ0v) is 13.5. The first-order chi connectivity index (χ1) is 10.8. The van der Waals surface area contributed by atoms with Crippen molar-refractivity contribution >= 4 is 5.91 Å². The van der Waals surface area contributed by atoms with E-state index in [2.05, 4.69) is 28.2 Å². The number of nitrogens with one attached hydrogen (secondary N) is 1. The third-order valence-corrected chi connectivity index (χ3v) is 5.28. The van der Waals surface area contributed by atoms with Gasteiger partial charge in [0.25, 0.3) is 0 Å². The van der Waals surface area contributed by atoms with Crippen LogP contribution in [0.5, 0.6) is 0 Å². The Bertz CT molecular complexity index is 484. The molecule has 0 spiro atoms. The summed E-state index contributed by atoms with van der Waals surface area (Å²) in [5.41, 5.74) is 1.18. The van der Waals surface area contributed by atoms with Crippen molar-refractivity contribution in [1.82, 2.24) is 15.2 Å². The smallest absolute Gasteiger partial charge is 0.223 e. The van der Waals surface area contributed by atoms with Gasteiger partial charge in [0.2, 0.25) is 5.91 Å². The molecule has 4 heteroatoms. The van der Waals surface area contributed by atoms with Gasteiger partial charge < -0.3 is 10.2 Å². The number of nitrogens with zero attached hydrogens (tertiary/aromatic N) is 2. The van der Waals surface area contributed by atoms with Gasteiger partial charge in [0.05, 0.1) is 6.04 Å². The van der Waals surface area contributed by atoms with Crippen LogP contribution in [0.4, 0.5) is 0 Å². The Hall–Kier alpha value is -1.42. The van der Waals surface area contributed by atoms with Gasteiger partial charge in [0.15, 0.2) is 0 Å². The molecule has 2 aliphatic heterocycles. The van der Waals surface area contributed by atoms with Crippen LogP contribution in [0.3, 0.4) is 0 Å². The Balaban J connectivity index is 1.61. The molecule has 3 atom stereocenters. The summed E-state index contributed by atoms with van der Waals surface area (Å²) in [4.78, 5) is 19.1. The highest BCUT2D eigenvalue weighted by Crippen LogP contribution is 2.33. The van der Waals surface area contributed by atoms with Crippen LogP contribution in [0.1, 0.15) is 50.6 Å². The Morgan fingerprint density at radius 2 is 2.36 bits per heavy atom. The van der Waals surface area contributed by atoms with Crippen molar-refractivity contribution in [3.05, 3.63) is 30.1 Å². The molecule has 0 bridgehead atoms. The number of hydrogen-bond donors (Lipinski definition) is 1. The van der Waals surface area contributed by atoms with Gasteiger partial charge >= 0.3 is 0 Å². The van der Waals surface area contributed by atoms with Gasteiger partial charge in [0, 0.05) is 25.4 Å². The maximum Gasteiger partial charge on any atom is 0.223 e. The van der Waals surface area contributed by atoms with Crippen LogP contribution in [0.2, 0.25) is 0 Å². The summed E-state index contributed by atoms with van der Waals surface area (Å²) in [7, 11) is 0. The van der Waals surface area contributed by atoms with Crippen molar-refractivity contribution in [2.45, 2.75) is 45.1 Å². The van der Waals surface area contributed by atoms with Crippen LogP contribution < -0.4 is 5.32 Å². The monoisotopic (exact) mass is 301 g/mol. The van der Waals surface area contributed by atoms with Gasteiger partial charge in [0.1, 0.15) is 0 Å². The predicted molar refractivity (Wildman–Crippen MR) is 87.3 cm³/mol. The van der Waals surface area contributed by atoms with E-state index in [0.717, 1.165) is 32.5 Å². The SMILES string of the molecule is CC(CC(=O)N1CCCC1c1cccnc1)C1CCCNC1. The van der Waals surface area contributed by atoms with E-state index < -0.39 is 0 Å². The molecule has 1 aromatic rings. The maximum absolute atomic E-state index is 12.8. The average Bonchev–Trinajstić information content (AvgIpc) is 3.06. The lowest BCUT2D eigenvalue weighted by molar-refractivity contribution is -0.133. The third-order valence-electron chi connectivity index (χ3n) is 5.28. The standard InChI is InChI=1S/C18H27N3O/c1-14(15-5-2-8-19-12-15)11-18(22)21-10-4-7-17(21)16-6-3-9-20-13-16/h3,6,9,13-15,17,19H,2,4-5,7-8,10-12H2,1H3. The number of pyridine rings is 1. The predicted octanol–water partition coefficient (Wildman–Crippen LogP) is 2.77. The quantitative estimate of drug-likeness (QED) is 0.930. The number of likely N-dealkylation sites (tertiary alicyclic amines) is 1. The van der Waals surface area contributed by atoms with Crippen molar-refractivity contribution in [1.29, 1.82) is 0 Å². The number of piperidine rings is 1. The molecule has 4 nitrogen and oxygen atoms in total. The second kappa shape index (κ2) is 7.23. The normalized spacial score (nSPS) is 26.9. The van der Waals surface area contributed by atoms with E-state index in [1.165, 1.54) is 18.4 Å². The highest BCUT2D eigenvalue weighted by atomic mass is 16.2. The number of rotatable bonds is 4. The van der Waals surface area contributed by atoms with Crippen LogP contribution in [0.15, 0.2) is 24.5 Å². The summed E-state index contributed by atoms with van der Waals surface area (Å²) in [6.45, 7) is 5.34. The summed E-state index contributed by atoms with van der Waals surface area (Å²) < 4.78 is 0. The number of amides is 1. The molecular weight excluding hydrogens is 274 g/mol. The molecule has 0 aromatic carbocycles. The molecule has 0 aliphatic carbocycles. The van der Waals surface area contributed by atoms with Crippen LogP contribution in [0.25, 0.3) is 0 Å². The molecule has 2 aliphatic rings. The molecule has 0 saturated carbocycles. The van der Waals surface area contributed by atoms with E-state index in [1.807, 2.05) is 12.3 Å². The molecule has 3 unspecified atom stereocenters. The van der Waals surface area contributed by atoms with Crippen LogP contribution in [-0.4, -0.2) is 35.4 Å². The van der Waals surface area contributed by atoms with Gasteiger partial charge in [-0.05, 0) is 62.2 Å². The van der Waals surface area contributed by atoms with Crippen molar-refractivity contribution < 1.29 is 4.79 Å². The maximum atomic E-state index is 12.8. The molecule has 3 heterocycles. The Morgan fingerprint density at radius 1 is 1.45 bits per heavy atom. The molecule has 2 fully saturated rings.